The number of anilines is 1. The van der Waals surface area contributed by atoms with Gasteiger partial charge in [-0.3, -0.25) is 4.79 Å². The standard InChI is InChI=1S/C18H9F10INO/c19-15(17(23,24)25,18(26,27)28)11-6-10(16(20,21)22)7-12(29)14(11)30-8-13(31)9-4-2-1-3-5-9/h1-6,30H,8H2. The fourth-order valence-corrected chi connectivity index (χ4v) is 3.28. The highest BCUT2D eigenvalue weighted by atomic mass is 127. The molecule has 0 aromatic heterocycles. The Morgan fingerprint density at radius 1 is 0.903 bits per heavy atom. The molecule has 31 heavy (non-hydrogen) atoms. The minimum atomic E-state index is -6.65. The molecule has 2 aromatic rings. The van der Waals surface area contributed by atoms with Crippen molar-refractivity contribution in [2.75, 3.05) is 11.9 Å². The molecule has 0 saturated heterocycles. The van der Waals surface area contributed by atoms with E-state index in [4.69, 9.17) is 0 Å². The summed E-state index contributed by atoms with van der Waals surface area (Å²) in [5.74, 6) is -0.814. The minimum Gasteiger partial charge on any atom is -0.376 e. The first-order chi connectivity index (χ1) is 14.0. The molecule has 2 rings (SSSR count). The van der Waals surface area contributed by atoms with Gasteiger partial charge in [-0.15, -0.1) is 0 Å². The Morgan fingerprint density at radius 2 is 1.42 bits per heavy atom. The molecule has 0 spiro atoms. The van der Waals surface area contributed by atoms with E-state index in [0.29, 0.717) is 0 Å². The van der Waals surface area contributed by atoms with E-state index in [9.17, 15) is 48.7 Å². The lowest BCUT2D eigenvalue weighted by Gasteiger charge is -2.32. The molecule has 1 radical (unpaired) electrons. The van der Waals surface area contributed by atoms with Gasteiger partial charge in [0.05, 0.1) is 17.8 Å². The summed E-state index contributed by atoms with van der Waals surface area (Å²) in [6, 6.07) is 7.93. The smallest absolute Gasteiger partial charge is 0.376 e. The Bertz CT molecular complexity index is 937. The number of halogens is 11. The summed E-state index contributed by atoms with van der Waals surface area (Å²) in [5, 5.41) is 1.91. The number of alkyl halides is 10. The second-order valence-electron chi connectivity index (χ2n) is 6.08. The van der Waals surface area contributed by atoms with Crippen molar-refractivity contribution in [2.45, 2.75) is 24.2 Å². The van der Waals surface area contributed by atoms with Crippen LogP contribution in [0, 0.1) is 9.64 Å². The van der Waals surface area contributed by atoms with E-state index in [2.05, 4.69) is 0 Å². The van der Waals surface area contributed by atoms with Crippen LogP contribution in [-0.4, -0.2) is 24.7 Å². The maximum atomic E-state index is 14.6. The van der Waals surface area contributed by atoms with Crippen molar-refractivity contribution in [1.82, 2.24) is 0 Å². The van der Waals surface area contributed by atoms with Crippen LogP contribution in [0.4, 0.5) is 49.6 Å². The zero-order valence-corrected chi connectivity index (χ0v) is 16.9. The molecule has 0 heterocycles. The minimum absolute atomic E-state index is 0.0144. The van der Waals surface area contributed by atoms with E-state index in [0.717, 1.165) is 22.6 Å². The molecule has 169 valence electrons. The SMILES string of the molecule is O=C(CNc1c(I)[c]c(C(F)(F)F)cc1C(F)(C(F)(F)F)C(F)(F)F)c1ccccc1. The van der Waals surface area contributed by atoms with Gasteiger partial charge in [-0.2, -0.15) is 39.5 Å². The molecule has 0 fully saturated rings. The van der Waals surface area contributed by atoms with Gasteiger partial charge in [0.1, 0.15) is 0 Å². The number of carbonyl (C=O) groups is 1. The van der Waals surface area contributed by atoms with Crippen molar-refractivity contribution in [3.63, 3.8) is 0 Å². The van der Waals surface area contributed by atoms with Gasteiger partial charge >= 0.3 is 24.2 Å². The largest absolute Gasteiger partial charge is 0.436 e. The maximum absolute atomic E-state index is 14.6. The predicted molar refractivity (Wildman–Crippen MR) is 97.2 cm³/mol. The number of benzene rings is 2. The van der Waals surface area contributed by atoms with E-state index in [-0.39, 0.29) is 5.56 Å². The van der Waals surface area contributed by atoms with Crippen LogP contribution in [0.15, 0.2) is 36.4 Å². The van der Waals surface area contributed by atoms with Gasteiger partial charge in [0, 0.05) is 20.8 Å². The van der Waals surface area contributed by atoms with Crippen LogP contribution in [0.3, 0.4) is 0 Å². The second-order valence-corrected chi connectivity index (χ2v) is 7.16. The molecule has 0 aliphatic carbocycles. The van der Waals surface area contributed by atoms with Crippen LogP contribution in [0.2, 0.25) is 0 Å². The number of hydrogen-bond donors (Lipinski definition) is 1. The third-order valence-corrected chi connectivity index (χ3v) is 4.81. The quantitative estimate of drug-likeness (QED) is 0.246. The topological polar surface area (TPSA) is 29.1 Å². The van der Waals surface area contributed by atoms with Crippen LogP contribution >= 0.6 is 22.6 Å². The molecule has 0 atom stereocenters. The van der Waals surface area contributed by atoms with E-state index < -0.39 is 63.0 Å². The normalized spacial score (nSPS) is 13.3. The van der Waals surface area contributed by atoms with Crippen LogP contribution in [-0.2, 0) is 11.8 Å². The number of nitrogens with one attached hydrogen (secondary N) is 1. The average molecular weight is 572 g/mol. The molecule has 1 N–H and O–H groups in total. The van der Waals surface area contributed by atoms with Crippen molar-refractivity contribution < 1.29 is 48.7 Å². The number of Topliss-reactive ketones (excluding diaryl/α,β-unsaturated/α-hetero) is 1. The van der Waals surface area contributed by atoms with Gasteiger partial charge in [0.2, 0.25) is 0 Å². The fourth-order valence-electron chi connectivity index (χ4n) is 2.51. The second kappa shape index (κ2) is 8.47. The average Bonchev–Trinajstić information content (AvgIpc) is 2.63. The lowest BCUT2D eigenvalue weighted by molar-refractivity contribution is -0.348. The third kappa shape index (κ3) is 5.06. The van der Waals surface area contributed by atoms with Crippen molar-refractivity contribution in [1.29, 1.82) is 0 Å². The summed E-state index contributed by atoms with van der Waals surface area (Å²) in [6.07, 6.45) is -18.7. The molecule has 13 heteroatoms. The van der Waals surface area contributed by atoms with Crippen LogP contribution in [0.1, 0.15) is 21.5 Å². The summed E-state index contributed by atoms with van der Waals surface area (Å²) >= 11 is 0.979. The highest BCUT2D eigenvalue weighted by molar-refractivity contribution is 14.1. The Kier molecular flexibility index (Phi) is 6.88. The molecule has 0 amide bonds. The molecule has 0 saturated carbocycles. The zero-order valence-electron chi connectivity index (χ0n) is 14.7. The first-order valence-electron chi connectivity index (χ1n) is 7.98. The Balaban J connectivity index is 2.66. The lowest BCUT2D eigenvalue weighted by atomic mass is 9.90. The fraction of sp³-hybridized carbons (Fsp3) is 0.278. The molecular formula is C18H9F10INO. The molecule has 0 bridgehead atoms. The highest BCUT2D eigenvalue weighted by Crippen LogP contribution is 2.56. The summed E-state index contributed by atoms with van der Waals surface area (Å²) in [4.78, 5) is 12.1. The van der Waals surface area contributed by atoms with Crippen molar-refractivity contribution in [3.8, 4) is 0 Å². The Hall–Kier alpha value is -2.06. The molecule has 2 aromatic carbocycles. The summed E-state index contributed by atoms with van der Waals surface area (Å²) < 4.78 is 132. The van der Waals surface area contributed by atoms with Gasteiger partial charge < -0.3 is 5.32 Å². The molecule has 0 unspecified atom stereocenters. The van der Waals surface area contributed by atoms with Crippen molar-refractivity contribution in [3.05, 3.63) is 62.7 Å². The number of carbonyl (C=O) groups excluding carboxylic acids is 1. The van der Waals surface area contributed by atoms with Crippen LogP contribution in [0.5, 0.6) is 0 Å². The van der Waals surface area contributed by atoms with Gasteiger partial charge in [0.25, 0.3) is 0 Å². The van der Waals surface area contributed by atoms with Gasteiger partial charge in [0.15, 0.2) is 5.78 Å². The maximum Gasteiger partial charge on any atom is 0.436 e. The van der Waals surface area contributed by atoms with Crippen LogP contribution < -0.4 is 5.32 Å². The zero-order chi connectivity index (χ0) is 23.8. The number of hydrogen-bond acceptors (Lipinski definition) is 2. The summed E-state index contributed by atoms with van der Waals surface area (Å²) in [5.41, 5.74) is -11.8. The lowest BCUT2D eigenvalue weighted by Crippen LogP contribution is -2.51. The van der Waals surface area contributed by atoms with Gasteiger partial charge in [-0.05, 0) is 28.7 Å². The summed E-state index contributed by atoms with van der Waals surface area (Å²) in [7, 11) is 0. The van der Waals surface area contributed by atoms with Crippen LogP contribution in [0.25, 0.3) is 0 Å². The third-order valence-electron chi connectivity index (χ3n) is 4.00. The van der Waals surface area contributed by atoms with Crippen molar-refractivity contribution >= 4 is 34.1 Å². The van der Waals surface area contributed by atoms with E-state index >= 15 is 0 Å². The van der Waals surface area contributed by atoms with Gasteiger partial charge in [-0.1, -0.05) is 30.3 Å². The van der Waals surface area contributed by atoms with E-state index in [1.807, 2.05) is 5.32 Å². The molecular weight excluding hydrogens is 563 g/mol. The van der Waals surface area contributed by atoms with E-state index in [1.165, 1.54) is 30.3 Å². The number of rotatable bonds is 5. The summed E-state index contributed by atoms with van der Waals surface area (Å²) in [6.45, 7) is -0.919. The highest BCUT2D eigenvalue weighted by Gasteiger charge is 2.74. The van der Waals surface area contributed by atoms with Gasteiger partial charge in [-0.25, -0.2) is 4.39 Å². The van der Waals surface area contributed by atoms with Crippen molar-refractivity contribution in [2.24, 2.45) is 0 Å². The Labute approximate surface area is 181 Å². The first-order valence-corrected chi connectivity index (χ1v) is 9.06. The molecule has 0 aliphatic rings. The number of ketones is 1. The predicted octanol–water partition coefficient (Wildman–Crippen LogP) is 6.69. The monoisotopic (exact) mass is 572 g/mol. The molecule has 2 nitrogen and oxygen atoms in total. The Morgan fingerprint density at radius 3 is 1.87 bits per heavy atom. The first kappa shape index (κ1) is 25.2. The molecule has 0 aliphatic heterocycles. The van der Waals surface area contributed by atoms with E-state index in [1.54, 1.807) is 6.07 Å².